The summed E-state index contributed by atoms with van der Waals surface area (Å²) in [5.74, 6) is 0.288. The van der Waals surface area contributed by atoms with Crippen molar-refractivity contribution in [1.82, 2.24) is 0 Å². The predicted octanol–water partition coefficient (Wildman–Crippen LogP) is 3.29. The Morgan fingerprint density at radius 2 is 1.63 bits per heavy atom. The summed E-state index contributed by atoms with van der Waals surface area (Å²) in [5, 5.41) is 8.63. The van der Waals surface area contributed by atoms with Crippen LogP contribution in [0.15, 0.2) is 36.9 Å². The van der Waals surface area contributed by atoms with Gasteiger partial charge in [0.05, 0.1) is 31.7 Å². The zero-order valence-electron chi connectivity index (χ0n) is 17.6. The number of aliphatic hydroxyl groups excluding tert-OH is 1. The van der Waals surface area contributed by atoms with Gasteiger partial charge < -0.3 is 24.1 Å². The highest BCUT2D eigenvalue weighted by atomic mass is 16.5. The summed E-state index contributed by atoms with van der Waals surface area (Å²) < 4.78 is 21.5. The molecule has 1 saturated carbocycles. The molecule has 166 valence electrons. The number of hydrogen-bond acceptors (Lipinski definition) is 7. The zero-order valence-corrected chi connectivity index (χ0v) is 17.6. The second-order valence-corrected chi connectivity index (χ2v) is 7.40. The summed E-state index contributed by atoms with van der Waals surface area (Å²) in [6.07, 6.45) is 4.69. The van der Waals surface area contributed by atoms with Crippen LogP contribution in [0.3, 0.4) is 0 Å². The minimum Gasteiger partial charge on any atom is -0.491 e. The van der Waals surface area contributed by atoms with Gasteiger partial charge in [-0.2, -0.15) is 0 Å². The number of hydrogen-bond donors (Lipinski definition) is 1. The van der Waals surface area contributed by atoms with Crippen molar-refractivity contribution in [3.63, 3.8) is 0 Å². The van der Waals surface area contributed by atoms with Crippen LogP contribution in [0, 0.1) is 11.8 Å². The van der Waals surface area contributed by atoms with E-state index in [1.165, 1.54) is 0 Å². The molecule has 1 aromatic rings. The molecule has 1 unspecified atom stereocenters. The van der Waals surface area contributed by atoms with E-state index < -0.39 is 0 Å². The molecule has 0 aromatic heterocycles. The van der Waals surface area contributed by atoms with Crippen LogP contribution in [-0.2, 0) is 19.1 Å². The van der Waals surface area contributed by atoms with E-state index in [-0.39, 0.29) is 43.1 Å². The summed E-state index contributed by atoms with van der Waals surface area (Å²) in [6, 6.07) is 6.83. The van der Waals surface area contributed by atoms with Gasteiger partial charge in [0.2, 0.25) is 0 Å². The summed E-state index contributed by atoms with van der Waals surface area (Å²) in [4.78, 5) is 24.7. The lowest BCUT2D eigenvalue weighted by atomic mass is 9.82. The molecule has 1 aromatic carbocycles. The van der Waals surface area contributed by atoms with Crippen LogP contribution >= 0.6 is 0 Å². The van der Waals surface area contributed by atoms with Gasteiger partial charge in [-0.05, 0) is 56.9 Å². The maximum atomic E-state index is 12.4. The SMILES string of the molecule is C=CCC(C)OC(=O)C1CCC(C(=O)Oc2ccc(OCCOCCO)cc2)CC1. The Balaban J connectivity index is 1.71. The largest absolute Gasteiger partial charge is 0.491 e. The normalized spacial score (nSPS) is 19.5. The summed E-state index contributed by atoms with van der Waals surface area (Å²) >= 11 is 0. The molecule has 0 aliphatic heterocycles. The Morgan fingerprint density at radius 1 is 1.03 bits per heavy atom. The van der Waals surface area contributed by atoms with E-state index in [4.69, 9.17) is 24.1 Å². The molecular formula is C23H32O7. The highest BCUT2D eigenvalue weighted by Gasteiger charge is 2.32. The molecule has 1 aliphatic rings. The van der Waals surface area contributed by atoms with E-state index in [9.17, 15) is 9.59 Å². The Morgan fingerprint density at radius 3 is 2.23 bits per heavy atom. The van der Waals surface area contributed by atoms with Crippen molar-refractivity contribution >= 4 is 11.9 Å². The van der Waals surface area contributed by atoms with E-state index in [1.807, 2.05) is 6.92 Å². The van der Waals surface area contributed by atoms with Gasteiger partial charge >= 0.3 is 11.9 Å². The third-order valence-corrected chi connectivity index (χ3v) is 4.98. The molecule has 0 heterocycles. The minimum absolute atomic E-state index is 0.0132. The monoisotopic (exact) mass is 420 g/mol. The third kappa shape index (κ3) is 8.16. The molecule has 1 N–H and O–H groups in total. The number of rotatable bonds is 12. The fourth-order valence-electron chi connectivity index (χ4n) is 3.33. The van der Waals surface area contributed by atoms with Crippen LogP contribution < -0.4 is 9.47 Å². The van der Waals surface area contributed by atoms with Crippen molar-refractivity contribution < 1.29 is 33.6 Å². The number of aliphatic hydroxyl groups is 1. The smallest absolute Gasteiger partial charge is 0.314 e. The Bertz CT molecular complexity index is 663. The first kappa shape index (κ1) is 23.9. The molecule has 0 bridgehead atoms. The molecule has 7 heteroatoms. The molecule has 7 nitrogen and oxygen atoms in total. The average Bonchev–Trinajstić information content (AvgIpc) is 2.75. The Hall–Kier alpha value is -2.38. The van der Waals surface area contributed by atoms with Crippen LogP contribution in [0.5, 0.6) is 11.5 Å². The number of carbonyl (C=O) groups excluding carboxylic acids is 2. The van der Waals surface area contributed by atoms with Crippen LogP contribution in [0.4, 0.5) is 0 Å². The lowest BCUT2D eigenvalue weighted by Gasteiger charge is -2.26. The van der Waals surface area contributed by atoms with Crippen molar-refractivity contribution in [3.05, 3.63) is 36.9 Å². The molecule has 30 heavy (non-hydrogen) atoms. The first-order valence-corrected chi connectivity index (χ1v) is 10.5. The number of esters is 2. The van der Waals surface area contributed by atoms with Crippen molar-refractivity contribution in [2.45, 2.75) is 45.1 Å². The van der Waals surface area contributed by atoms with Gasteiger partial charge in [0.1, 0.15) is 24.2 Å². The van der Waals surface area contributed by atoms with Crippen molar-refractivity contribution in [2.24, 2.45) is 11.8 Å². The summed E-state index contributed by atoms with van der Waals surface area (Å²) in [7, 11) is 0. The average molecular weight is 421 g/mol. The van der Waals surface area contributed by atoms with Crippen LogP contribution in [0.2, 0.25) is 0 Å². The van der Waals surface area contributed by atoms with Crippen LogP contribution in [-0.4, -0.2) is 49.6 Å². The molecule has 1 aliphatic carbocycles. The second kappa shape index (κ2) is 13.0. The van der Waals surface area contributed by atoms with Crippen LogP contribution in [0.25, 0.3) is 0 Å². The summed E-state index contributed by atoms with van der Waals surface area (Å²) in [6.45, 7) is 6.54. The Labute approximate surface area is 178 Å². The van der Waals surface area contributed by atoms with Crippen molar-refractivity contribution in [3.8, 4) is 11.5 Å². The molecule has 0 amide bonds. The number of carbonyl (C=O) groups is 2. The third-order valence-electron chi connectivity index (χ3n) is 4.98. The fraction of sp³-hybridized carbons (Fsp3) is 0.565. The van der Waals surface area contributed by atoms with Gasteiger partial charge in [0.25, 0.3) is 0 Å². The Kier molecular flexibility index (Phi) is 10.4. The molecule has 1 fully saturated rings. The quantitative estimate of drug-likeness (QED) is 0.240. The van der Waals surface area contributed by atoms with Gasteiger partial charge in [-0.15, -0.1) is 6.58 Å². The van der Waals surface area contributed by atoms with Gasteiger partial charge in [-0.1, -0.05) is 6.08 Å². The molecule has 0 saturated heterocycles. The van der Waals surface area contributed by atoms with Gasteiger partial charge in [-0.3, -0.25) is 9.59 Å². The lowest BCUT2D eigenvalue weighted by molar-refractivity contribution is -0.156. The molecule has 0 spiro atoms. The highest BCUT2D eigenvalue weighted by Crippen LogP contribution is 2.31. The molecular weight excluding hydrogens is 388 g/mol. The van der Waals surface area contributed by atoms with Gasteiger partial charge in [-0.25, -0.2) is 0 Å². The number of ether oxygens (including phenoxy) is 4. The van der Waals surface area contributed by atoms with Crippen molar-refractivity contribution in [1.29, 1.82) is 0 Å². The maximum absolute atomic E-state index is 12.4. The van der Waals surface area contributed by atoms with E-state index in [1.54, 1.807) is 30.3 Å². The van der Waals surface area contributed by atoms with Crippen LogP contribution in [0.1, 0.15) is 39.0 Å². The van der Waals surface area contributed by atoms with E-state index >= 15 is 0 Å². The first-order valence-electron chi connectivity index (χ1n) is 10.5. The van der Waals surface area contributed by atoms with Crippen molar-refractivity contribution in [2.75, 3.05) is 26.4 Å². The van der Waals surface area contributed by atoms with E-state index in [0.717, 1.165) is 0 Å². The van der Waals surface area contributed by atoms with Gasteiger partial charge in [0.15, 0.2) is 0 Å². The zero-order chi connectivity index (χ0) is 21.8. The maximum Gasteiger partial charge on any atom is 0.314 e. The molecule has 0 radical (unpaired) electrons. The predicted molar refractivity (Wildman–Crippen MR) is 111 cm³/mol. The highest BCUT2D eigenvalue weighted by molar-refractivity contribution is 5.76. The van der Waals surface area contributed by atoms with E-state index in [0.29, 0.717) is 56.8 Å². The number of benzene rings is 1. The molecule has 1 atom stereocenters. The van der Waals surface area contributed by atoms with E-state index in [2.05, 4.69) is 6.58 Å². The topological polar surface area (TPSA) is 91.3 Å². The first-order chi connectivity index (χ1) is 14.5. The molecule has 2 rings (SSSR count). The fourth-order valence-corrected chi connectivity index (χ4v) is 3.33. The summed E-state index contributed by atoms with van der Waals surface area (Å²) in [5.41, 5.74) is 0. The van der Waals surface area contributed by atoms with Gasteiger partial charge in [0, 0.05) is 6.42 Å². The lowest BCUT2D eigenvalue weighted by Crippen LogP contribution is -2.30. The standard InChI is InChI=1S/C23H32O7/c1-3-4-17(2)29-22(25)18-5-7-19(8-6-18)23(26)30-21-11-9-20(10-12-21)28-16-15-27-14-13-24/h3,9-12,17-19,24H,1,4-8,13-16H2,2H3. The second-order valence-electron chi connectivity index (χ2n) is 7.40. The minimum atomic E-state index is -0.270.